The Morgan fingerprint density at radius 2 is 2.25 bits per heavy atom. The molecule has 0 saturated heterocycles. The van der Waals surface area contributed by atoms with Gasteiger partial charge in [-0.1, -0.05) is 18.5 Å². The lowest BCUT2D eigenvalue weighted by Gasteiger charge is -2.03. The lowest BCUT2D eigenvalue weighted by molar-refractivity contribution is 0.629. The van der Waals surface area contributed by atoms with Crippen molar-refractivity contribution in [2.75, 3.05) is 0 Å². The molecular formula is C12H10ClFN2. The molecule has 1 aromatic heterocycles. The van der Waals surface area contributed by atoms with Gasteiger partial charge in [-0.15, -0.1) is 0 Å². The van der Waals surface area contributed by atoms with E-state index in [-0.39, 0.29) is 5.82 Å². The molecule has 16 heavy (non-hydrogen) atoms. The molecule has 4 heteroatoms. The number of fused-ring (bicyclic) bond motifs is 1. The molecule has 0 amide bonds. The number of hydrogen-bond acceptors (Lipinski definition) is 1. The maximum atomic E-state index is 13.1. The van der Waals surface area contributed by atoms with E-state index in [0.717, 1.165) is 18.5 Å². The zero-order valence-corrected chi connectivity index (χ0v) is 9.55. The van der Waals surface area contributed by atoms with E-state index in [4.69, 9.17) is 16.9 Å². The molecule has 82 valence electrons. The van der Waals surface area contributed by atoms with Crippen LogP contribution >= 0.6 is 11.6 Å². The summed E-state index contributed by atoms with van der Waals surface area (Å²) in [6, 6.07) is 6.42. The van der Waals surface area contributed by atoms with Crippen LogP contribution in [-0.2, 0) is 6.54 Å². The zero-order valence-electron chi connectivity index (χ0n) is 8.80. The van der Waals surface area contributed by atoms with Crippen molar-refractivity contribution in [3.8, 4) is 6.07 Å². The maximum absolute atomic E-state index is 13.1. The second-order valence-corrected chi connectivity index (χ2v) is 3.95. The first-order valence-electron chi connectivity index (χ1n) is 5.06. The van der Waals surface area contributed by atoms with Crippen molar-refractivity contribution in [2.24, 2.45) is 0 Å². The highest BCUT2D eigenvalue weighted by Gasteiger charge is 2.15. The first-order chi connectivity index (χ1) is 7.69. The molecule has 2 nitrogen and oxygen atoms in total. The third kappa shape index (κ3) is 1.56. The van der Waals surface area contributed by atoms with Crippen LogP contribution in [0.3, 0.4) is 0 Å². The lowest BCUT2D eigenvalue weighted by atomic mass is 10.2. The van der Waals surface area contributed by atoms with Gasteiger partial charge in [-0.2, -0.15) is 5.26 Å². The average molecular weight is 237 g/mol. The van der Waals surface area contributed by atoms with Crippen LogP contribution in [0.25, 0.3) is 10.9 Å². The van der Waals surface area contributed by atoms with Gasteiger partial charge in [0.05, 0.1) is 11.1 Å². The standard InChI is InChI=1S/C12H10ClFN2/c1-2-5-16-11-4-3-8(14)6-9(11)10(7-15)12(16)13/h3-4,6H,2,5H2,1H3. The summed E-state index contributed by atoms with van der Waals surface area (Å²) in [4.78, 5) is 0. The molecule has 0 saturated carbocycles. The zero-order chi connectivity index (χ0) is 11.7. The van der Waals surface area contributed by atoms with Crippen LogP contribution in [0.15, 0.2) is 18.2 Å². The van der Waals surface area contributed by atoms with Crippen LogP contribution in [0.1, 0.15) is 18.9 Å². The highest BCUT2D eigenvalue weighted by molar-refractivity contribution is 6.32. The molecular weight excluding hydrogens is 227 g/mol. The highest BCUT2D eigenvalue weighted by Crippen LogP contribution is 2.30. The Balaban J connectivity index is 2.82. The number of aromatic nitrogens is 1. The molecule has 0 aliphatic heterocycles. The summed E-state index contributed by atoms with van der Waals surface area (Å²) in [6.07, 6.45) is 0.908. The van der Waals surface area contributed by atoms with Gasteiger partial charge in [-0.25, -0.2) is 4.39 Å². The van der Waals surface area contributed by atoms with Gasteiger partial charge in [-0.05, 0) is 24.6 Å². The Bertz CT molecular complexity index is 581. The van der Waals surface area contributed by atoms with Crippen LogP contribution in [0.4, 0.5) is 4.39 Å². The molecule has 0 radical (unpaired) electrons. The number of nitrogens with zero attached hydrogens (tertiary/aromatic N) is 2. The van der Waals surface area contributed by atoms with Gasteiger partial charge < -0.3 is 4.57 Å². The minimum Gasteiger partial charge on any atom is -0.330 e. The van der Waals surface area contributed by atoms with Crippen molar-refractivity contribution in [2.45, 2.75) is 19.9 Å². The summed E-state index contributed by atoms with van der Waals surface area (Å²) in [7, 11) is 0. The Hall–Kier alpha value is -1.53. The number of halogens is 2. The molecule has 0 N–H and O–H groups in total. The van der Waals surface area contributed by atoms with E-state index in [0.29, 0.717) is 16.1 Å². The van der Waals surface area contributed by atoms with Gasteiger partial charge in [0.2, 0.25) is 0 Å². The number of benzene rings is 1. The molecule has 1 heterocycles. The van der Waals surface area contributed by atoms with Gasteiger partial charge >= 0.3 is 0 Å². The number of hydrogen-bond donors (Lipinski definition) is 0. The van der Waals surface area contributed by atoms with E-state index in [2.05, 4.69) is 0 Å². The SMILES string of the molecule is CCCn1c(Cl)c(C#N)c2cc(F)ccc21. The van der Waals surface area contributed by atoms with Crippen molar-refractivity contribution < 1.29 is 4.39 Å². The van der Waals surface area contributed by atoms with Gasteiger partial charge in [0, 0.05) is 11.9 Å². The molecule has 2 aromatic rings. The van der Waals surface area contributed by atoms with Gasteiger partial charge in [0.25, 0.3) is 0 Å². The normalized spacial score (nSPS) is 10.6. The molecule has 0 aliphatic carbocycles. The predicted octanol–water partition coefficient (Wildman–Crippen LogP) is 3.72. The van der Waals surface area contributed by atoms with E-state index in [1.165, 1.54) is 12.1 Å². The minimum atomic E-state index is -0.352. The smallest absolute Gasteiger partial charge is 0.128 e. The van der Waals surface area contributed by atoms with Gasteiger partial charge in [0.1, 0.15) is 17.0 Å². The van der Waals surface area contributed by atoms with E-state index in [1.54, 1.807) is 6.07 Å². The molecule has 0 aliphatic rings. The fraction of sp³-hybridized carbons (Fsp3) is 0.250. The topological polar surface area (TPSA) is 28.7 Å². The Morgan fingerprint density at radius 1 is 1.50 bits per heavy atom. The highest BCUT2D eigenvalue weighted by atomic mass is 35.5. The fourth-order valence-electron chi connectivity index (χ4n) is 1.84. The molecule has 0 bridgehead atoms. The van der Waals surface area contributed by atoms with Crippen molar-refractivity contribution >= 4 is 22.5 Å². The Kier molecular flexibility index (Phi) is 2.84. The van der Waals surface area contributed by atoms with E-state index in [1.807, 2.05) is 17.6 Å². The molecule has 0 atom stereocenters. The van der Waals surface area contributed by atoms with Gasteiger partial charge in [-0.3, -0.25) is 0 Å². The molecule has 2 rings (SSSR count). The summed E-state index contributed by atoms with van der Waals surface area (Å²) in [5, 5.41) is 10.00. The summed E-state index contributed by atoms with van der Waals surface area (Å²) in [5.41, 5.74) is 1.16. The third-order valence-electron chi connectivity index (χ3n) is 2.52. The van der Waals surface area contributed by atoms with Crippen molar-refractivity contribution in [3.05, 3.63) is 34.7 Å². The minimum absolute atomic E-state index is 0.351. The molecule has 0 fully saturated rings. The van der Waals surface area contributed by atoms with Gasteiger partial charge in [0.15, 0.2) is 0 Å². The first kappa shape index (κ1) is 11.0. The second-order valence-electron chi connectivity index (χ2n) is 3.59. The molecule has 0 unspecified atom stereocenters. The van der Waals surface area contributed by atoms with Crippen LogP contribution in [-0.4, -0.2) is 4.57 Å². The summed E-state index contributed by atoms with van der Waals surface area (Å²) < 4.78 is 15.0. The van der Waals surface area contributed by atoms with Crippen molar-refractivity contribution in [3.63, 3.8) is 0 Å². The van der Waals surface area contributed by atoms with E-state index >= 15 is 0 Å². The van der Waals surface area contributed by atoms with E-state index in [9.17, 15) is 4.39 Å². The third-order valence-corrected chi connectivity index (χ3v) is 2.91. The number of aryl methyl sites for hydroxylation is 1. The lowest BCUT2D eigenvalue weighted by Crippen LogP contribution is -1.96. The fourth-order valence-corrected chi connectivity index (χ4v) is 2.16. The monoisotopic (exact) mass is 236 g/mol. The van der Waals surface area contributed by atoms with Crippen molar-refractivity contribution in [1.82, 2.24) is 4.57 Å². The summed E-state index contributed by atoms with van der Waals surface area (Å²) in [5.74, 6) is -0.352. The van der Waals surface area contributed by atoms with E-state index < -0.39 is 0 Å². The largest absolute Gasteiger partial charge is 0.330 e. The maximum Gasteiger partial charge on any atom is 0.128 e. The first-order valence-corrected chi connectivity index (χ1v) is 5.44. The Morgan fingerprint density at radius 3 is 2.88 bits per heavy atom. The number of nitriles is 1. The summed E-state index contributed by atoms with van der Waals surface area (Å²) >= 11 is 6.10. The van der Waals surface area contributed by atoms with Crippen LogP contribution in [0, 0.1) is 17.1 Å². The molecule has 1 aromatic carbocycles. The van der Waals surface area contributed by atoms with Crippen molar-refractivity contribution in [1.29, 1.82) is 5.26 Å². The number of rotatable bonds is 2. The van der Waals surface area contributed by atoms with Crippen LogP contribution in [0.5, 0.6) is 0 Å². The second kappa shape index (κ2) is 4.15. The van der Waals surface area contributed by atoms with Crippen LogP contribution in [0.2, 0.25) is 5.15 Å². The Labute approximate surface area is 97.9 Å². The average Bonchev–Trinajstić information content (AvgIpc) is 2.52. The summed E-state index contributed by atoms with van der Waals surface area (Å²) in [6.45, 7) is 2.75. The quantitative estimate of drug-likeness (QED) is 0.781. The molecule has 0 spiro atoms. The predicted molar refractivity (Wildman–Crippen MR) is 61.9 cm³/mol. The van der Waals surface area contributed by atoms with Crippen LogP contribution < -0.4 is 0 Å².